The molecule has 1 aliphatic heterocycles. The van der Waals surface area contributed by atoms with Gasteiger partial charge in [0.05, 0.1) is 46.1 Å². The van der Waals surface area contributed by atoms with Crippen LogP contribution < -0.4 is 9.47 Å². The van der Waals surface area contributed by atoms with Crippen molar-refractivity contribution in [3.63, 3.8) is 0 Å². The van der Waals surface area contributed by atoms with Gasteiger partial charge in [0.1, 0.15) is 13.2 Å². The third kappa shape index (κ3) is 7.38. The number of carbonyl (C=O) groups excluding carboxylic acids is 1. The second-order valence-corrected chi connectivity index (χ2v) is 5.51. The van der Waals surface area contributed by atoms with Crippen LogP contribution in [0.3, 0.4) is 0 Å². The maximum atomic E-state index is 12.1. The molecule has 0 fully saturated rings. The minimum absolute atomic E-state index is 0.0636. The van der Waals surface area contributed by atoms with Crippen molar-refractivity contribution >= 4 is 11.8 Å². The molecule has 0 saturated heterocycles. The van der Waals surface area contributed by atoms with E-state index in [1.807, 2.05) is 0 Å². The van der Waals surface area contributed by atoms with Gasteiger partial charge in [-0.05, 0) is 18.2 Å². The number of ether oxygens (including phenoxy) is 5. The first kappa shape index (κ1) is 20.2. The minimum Gasteiger partial charge on any atom is -0.487 e. The number of fused-ring (bicyclic) bond motifs is 1. The maximum absolute atomic E-state index is 12.1. The lowest BCUT2D eigenvalue weighted by Crippen LogP contribution is -2.13. The monoisotopic (exact) mass is 368 g/mol. The quantitative estimate of drug-likeness (QED) is 0.799. The van der Waals surface area contributed by atoms with E-state index in [0.717, 1.165) is 0 Å². The van der Waals surface area contributed by atoms with Crippen LogP contribution in [0.25, 0.3) is 0 Å². The van der Waals surface area contributed by atoms with Crippen molar-refractivity contribution < 1.29 is 38.4 Å². The summed E-state index contributed by atoms with van der Waals surface area (Å²) in [7, 11) is 0. The Hall–Kier alpha value is -2.16. The molecule has 144 valence electrons. The molecule has 0 amide bonds. The topological polar surface area (TPSA) is 101 Å². The molecule has 1 aromatic rings. The predicted molar refractivity (Wildman–Crippen MR) is 91.1 cm³/mol. The molecule has 1 N–H and O–H groups in total. The zero-order valence-electron chi connectivity index (χ0n) is 14.6. The van der Waals surface area contributed by atoms with Gasteiger partial charge in [-0.1, -0.05) is 0 Å². The molecule has 0 unspecified atom stereocenters. The Kier molecular flexibility index (Phi) is 8.88. The Balaban J connectivity index is 2.03. The van der Waals surface area contributed by atoms with E-state index in [0.29, 0.717) is 69.9 Å². The fourth-order valence-electron chi connectivity index (χ4n) is 2.24. The van der Waals surface area contributed by atoms with Gasteiger partial charge in [0, 0.05) is 12.0 Å². The zero-order valence-corrected chi connectivity index (χ0v) is 14.6. The van der Waals surface area contributed by atoms with E-state index in [4.69, 9.17) is 28.8 Å². The summed E-state index contributed by atoms with van der Waals surface area (Å²) >= 11 is 0. The molecular formula is C18H24O8. The van der Waals surface area contributed by atoms with Gasteiger partial charge >= 0.3 is 5.97 Å². The van der Waals surface area contributed by atoms with Crippen molar-refractivity contribution in [1.29, 1.82) is 0 Å². The molecule has 2 rings (SSSR count). The van der Waals surface area contributed by atoms with Crippen LogP contribution in [0.15, 0.2) is 18.2 Å². The van der Waals surface area contributed by atoms with E-state index in [-0.39, 0.29) is 18.6 Å². The zero-order chi connectivity index (χ0) is 18.6. The molecule has 1 aromatic carbocycles. The van der Waals surface area contributed by atoms with Crippen LogP contribution in [-0.4, -0.2) is 69.7 Å². The Labute approximate surface area is 151 Å². The number of carboxylic acids is 1. The molecule has 0 aromatic heterocycles. The van der Waals surface area contributed by atoms with E-state index < -0.39 is 5.97 Å². The van der Waals surface area contributed by atoms with Crippen LogP contribution in [0, 0.1) is 0 Å². The molecule has 1 aliphatic rings. The number of Topliss-reactive ketones (excluding diaryl/α,β-unsaturated/α-hetero) is 1. The van der Waals surface area contributed by atoms with Crippen LogP contribution in [0.5, 0.6) is 11.5 Å². The Morgan fingerprint density at radius 1 is 0.769 bits per heavy atom. The highest BCUT2D eigenvalue weighted by Crippen LogP contribution is 2.29. The third-order valence-corrected chi connectivity index (χ3v) is 3.55. The van der Waals surface area contributed by atoms with Gasteiger partial charge in [-0.3, -0.25) is 9.59 Å². The lowest BCUT2D eigenvalue weighted by atomic mass is 10.1. The molecule has 0 aliphatic carbocycles. The number of rotatable bonds is 4. The summed E-state index contributed by atoms with van der Waals surface area (Å²) in [6.45, 7) is 3.31. The van der Waals surface area contributed by atoms with Crippen molar-refractivity contribution in [1.82, 2.24) is 0 Å². The van der Waals surface area contributed by atoms with Crippen molar-refractivity contribution in [3.05, 3.63) is 23.8 Å². The Morgan fingerprint density at radius 3 is 1.88 bits per heavy atom. The first-order valence-electron chi connectivity index (χ1n) is 8.54. The average molecular weight is 368 g/mol. The first-order chi connectivity index (χ1) is 12.7. The highest BCUT2D eigenvalue weighted by molar-refractivity contribution is 5.98. The first-order valence-corrected chi connectivity index (χ1v) is 8.54. The summed E-state index contributed by atoms with van der Waals surface area (Å²) in [5.41, 5.74) is 0.386. The summed E-state index contributed by atoms with van der Waals surface area (Å²) in [4.78, 5) is 22.7. The SMILES string of the molecule is O=C(O)CCC(=O)c1ccc2c(c1)OCCOCCOCCOCCO2. The lowest BCUT2D eigenvalue weighted by molar-refractivity contribution is -0.136. The summed E-state index contributed by atoms with van der Waals surface area (Å²) in [5, 5.41) is 8.71. The van der Waals surface area contributed by atoms with Crippen LogP contribution in [0.2, 0.25) is 0 Å². The van der Waals surface area contributed by atoms with Gasteiger partial charge in [0.15, 0.2) is 17.3 Å². The fraction of sp³-hybridized carbons (Fsp3) is 0.556. The van der Waals surface area contributed by atoms with Crippen LogP contribution in [-0.2, 0) is 19.0 Å². The summed E-state index contributed by atoms with van der Waals surface area (Å²) in [5.74, 6) is -0.352. The molecule has 26 heavy (non-hydrogen) atoms. The fourth-order valence-corrected chi connectivity index (χ4v) is 2.24. The average Bonchev–Trinajstić information content (AvgIpc) is 2.64. The molecule has 1 heterocycles. The summed E-state index contributed by atoms with van der Waals surface area (Å²) in [6.07, 6.45) is -0.271. The molecule has 0 spiro atoms. The number of hydrogen-bond donors (Lipinski definition) is 1. The molecule has 8 nitrogen and oxygen atoms in total. The molecule has 0 atom stereocenters. The number of aliphatic carboxylic acids is 1. The van der Waals surface area contributed by atoms with Crippen LogP contribution >= 0.6 is 0 Å². The van der Waals surface area contributed by atoms with Gasteiger partial charge in [-0.15, -0.1) is 0 Å². The lowest BCUT2D eigenvalue weighted by Gasteiger charge is -2.14. The van der Waals surface area contributed by atoms with E-state index in [2.05, 4.69) is 0 Å². The van der Waals surface area contributed by atoms with Gasteiger partial charge < -0.3 is 28.8 Å². The van der Waals surface area contributed by atoms with Crippen molar-refractivity contribution in [2.75, 3.05) is 52.9 Å². The molecule has 0 saturated carbocycles. The van der Waals surface area contributed by atoms with Gasteiger partial charge in [0.2, 0.25) is 0 Å². The number of benzene rings is 1. The molecular weight excluding hydrogens is 344 g/mol. The standard InChI is InChI=1S/C18H24O8/c19-15(2-4-18(20)21)14-1-3-16-17(13-14)26-12-10-24-8-6-22-5-7-23-9-11-25-16/h1,3,13H,2,4-12H2,(H,20,21). The smallest absolute Gasteiger partial charge is 0.303 e. The highest BCUT2D eigenvalue weighted by Gasteiger charge is 2.13. The van der Waals surface area contributed by atoms with E-state index >= 15 is 0 Å². The summed E-state index contributed by atoms with van der Waals surface area (Å²) in [6, 6.07) is 4.82. The van der Waals surface area contributed by atoms with Crippen molar-refractivity contribution in [2.24, 2.45) is 0 Å². The molecule has 0 bridgehead atoms. The van der Waals surface area contributed by atoms with E-state index in [9.17, 15) is 9.59 Å². The maximum Gasteiger partial charge on any atom is 0.303 e. The number of carbonyl (C=O) groups is 2. The number of ketones is 1. The summed E-state index contributed by atoms with van der Waals surface area (Å²) < 4.78 is 27.5. The Bertz CT molecular complexity index is 587. The second-order valence-electron chi connectivity index (χ2n) is 5.51. The molecule has 0 radical (unpaired) electrons. The highest BCUT2D eigenvalue weighted by atomic mass is 16.6. The predicted octanol–water partition coefficient (Wildman–Crippen LogP) is 1.56. The van der Waals surface area contributed by atoms with Gasteiger partial charge in [-0.2, -0.15) is 0 Å². The second kappa shape index (κ2) is 11.5. The third-order valence-electron chi connectivity index (χ3n) is 3.55. The van der Waals surface area contributed by atoms with Gasteiger partial charge in [0.25, 0.3) is 0 Å². The van der Waals surface area contributed by atoms with Crippen molar-refractivity contribution in [3.8, 4) is 11.5 Å². The number of hydrogen-bond acceptors (Lipinski definition) is 7. The normalized spacial score (nSPS) is 16.9. The largest absolute Gasteiger partial charge is 0.487 e. The van der Waals surface area contributed by atoms with Crippen LogP contribution in [0.4, 0.5) is 0 Å². The van der Waals surface area contributed by atoms with Crippen molar-refractivity contribution in [2.45, 2.75) is 12.8 Å². The number of carboxylic acid groups (broad SMARTS) is 1. The van der Waals surface area contributed by atoms with Gasteiger partial charge in [-0.25, -0.2) is 0 Å². The Morgan fingerprint density at radius 2 is 1.31 bits per heavy atom. The minimum atomic E-state index is -1.01. The molecule has 8 heteroatoms. The van der Waals surface area contributed by atoms with E-state index in [1.54, 1.807) is 18.2 Å². The van der Waals surface area contributed by atoms with E-state index in [1.165, 1.54) is 0 Å². The van der Waals surface area contributed by atoms with Crippen LogP contribution in [0.1, 0.15) is 23.2 Å².